The van der Waals surface area contributed by atoms with Gasteiger partial charge in [0.2, 0.25) is 0 Å². The van der Waals surface area contributed by atoms with E-state index >= 15 is 0 Å². The molecule has 0 radical (unpaired) electrons. The standard InChI is InChI=1S/C13H19N3O2/c1-13(2)7-3-4-10(13)16-11-8(14)5-6-9(15-11)12(17)18/h5-6,10H,3-4,7,14H2,1-2H3,(H,15,16)(H,17,18). The van der Waals surface area contributed by atoms with Gasteiger partial charge in [-0.15, -0.1) is 0 Å². The quantitative estimate of drug-likeness (QED) is 0.765. The smallest absolute Gasteiger partial charge is 0.354 e. The molecule has 1 aliphatic carbocycles. The normalized spacial score (nSPS) is 21.8. The van der Waals surface area contributed by atoms with Crippen molar-refractivity contribution < 1.29 is 9.90 Å². The van der Waals surface area contributed by atoms with Crippen molar-refractivity contribution in [3.63, 3.8) is 0 Å². The SMILES string of the molecule is CC1(C)CCCC1Nc1nc(C(=O)O)ccc1N. The van der Waals surface area contributed by atoms with Gasteiger partial charge in [-0.1, -0.05) is 20.3 Å². The number of carboxylic acids is 1. The van der Waals surface area contributed by atoms with Crippen molar-refractivity contribution in [3.8, 4) is 0 Å². The summed E-state index contributed by atoms with van der Waals surface area (Å²) in [6, 6.07) is 3.29. The van der Waals surface area contributed by atoms with Crippen molar-refractivity contribution in [3.05, 3.63) is 17.8 Å². The molecule has 0 saturated heterocycles. The molecule has 5 heteroatoms. The second-order valence-corrected chi connectivity index (χ2v) is 5.52. The van der Waals surface area contributed by atoms with Crippen molar-refractivity contribution in [1.82, 2.24) is 4.98 Å². The fourth-order valence-corrected chi connectivity index (χ4v) is 2.46. The number of anilines is 2. The van der Waals surface area contributed by atoms with Crippen LogP contribution in [0, 0.1) is 5.41 Å². The predicted molar refractivity (Wildman–Crippen MR) is 70.7 cm³/mol. The van der Waals surface area contributed by atoms with E-state index in [1.807, 2.05) is 0 Å². The molecule has 5 nitrogen and oxygen atoms in total. The van der Waals surface area contributed by atoms with Gasteiger partial charge in [-0.3, -0.25) is 0 Å². The average molecular weight is 249 g/mol. The van der Waals surface area contributed by atoms with Gasteiger partial charge in [-0.25, -0.2) is 9.78 Å². The Morgan fingerprint density at radius 1 is 1.56 bits per heavy atom. The molecular weight excluding hydrogens is 230 g/mol. The van der Waals surface area contributed by atoms with Crippen LogP contribution in [-0.2, 0) is 0 Å². The number of carboxylic acid groups (broad SMARTS) is 1. The summed E-state index contributed by atoms with van der Waals surface area (Å²) in [5.74, 6) is -0.557. The molecule has 1 saturated carbocycles. The molecular formula is C13H19N3O2. The molecule has 0 bridgehead atoms. The minimum Gasteiger partial charge on any atom is -0.477 e. The lowest BCUT2D eigenvalue weighted by Crippen LogP contribution is -2.31. The van der Waals surface area contributed by atoms with Crippen LogP contribution in [0.4, 0.5) is 11.5 Å². The molecule has 18 heavy (non-hydrogen) atoms. The molecule has 4 N–H and O–H groups in total. The molecule has 0 aliphatic heterocycles. The molecule has 2 rings (SSSR count). The molecule has 1 heterocycles. The molecule has 1 atom stereocenters. The largest absolute Gasteiger partial charge is 0.477 e. The topological polar surface area (TPSA) is 88.2 Å². The average Bonchev–Trinajstić information content (AvgIpc) is 2.61. The maximum Gasteiger partial charge on any atom is 0.354 e. The third-order valence-electron chi connectivity index (χ3n) is 3.71. The van der Waals surface area contributed by atoms with Gasteiger partial charge in [0, 0.05) is 6.04 Å². The third-order valence-corrected chi connectivity index (χ3v) is 3.71. The highest BCUT2D eigenvalue weighted by molar-refractivity contribution is 5.86. The summed E-state index contributed by atoms with van der Waals surface area (Å²) in [5, 5.41) is 12.2. The Balaban J connectivity index is 2.23. The minimum atomic E-state index is -1.04. The van der Waals surface area contributed by atoms with E-state index in [2.05, 4.69) is 24.1 Å². The highest BCUT2D eigenvalue weighted by Crippen LogP contribution is 2.39. The number of nitrogen functional groups attached to an aromatic ring is 1. The van der Waals surface area contributed by atoms with Crippen LogP contribution >= 0.6 is 0 Å². The summed E-state index contributed by atoms with van der Waals surface area (Å²) in [6.07, 6.45) is 3.39. The van der Waals surface area contributed by atoms with E-state index in [4.69, 9.17) is 10.8 Å². The van der Waals surface area contributed by atoms with Crippen LogP contribution < -0.4 is 11.1 Å². The fourth-order valence-electron chi connectivity index (χ4n) is 2.46. The number of aromatic carboxylic acids is 1. The maximum absolute atomic E-state index is 10.9. The Bertz CT molecular complexity index is 471. The lowest BCUT2D eigenvalue weighted by molar-refractivity contribution is 0.0690. The highest BCUT2D eigenvalue weighted by Gasteiger charge is 2.34. The molecule has 0 spiro atoms. The van der Waals surface area contributed by atoms with Crippen molar-refractivity contribution in [1.29, 1.82) is 0 Å². The van der Waals surface area contributed by atoms with Crippen LogP contribution in [0.15, 0.2) is 12.1 Å². The van der Waals surface area contributed by atoms with Gasteiger partial charge >= 0.3 is 5.97 Å². The van der Waals surface area contributed by atoms with Crippen molar-refractivity contribution in [2.45, 2.75) is 39.2 Å². The zero-order valence-electron chi connectivity index (χ0n) is 10.7. The number of rotatable bonds is 3. The van der Waals surface area contributed by atoms with E-state index in [1.54, 1.807) is 6.07 Å². The number of nitrogens with zero attached hydrogens (tertiary/aromatic N) is 1. The van der Waals surface area contributed by atoms with E-state index in [9.17, 15) is 4.79 Å². The molecule has 98 valence electrons. The molecule has 0 amide bonds. The summed E-state index contributed by atoms with van der Waals surface area (Å²) in [4.78, 5) is 15.0. The van der Waals surface area contributed by atoms with E-state index in [0.29, 0.717) is 11.5 Å². The van der Waals surface area contributed by atoms with Crippen LogP contribution in [0.25, 0.3) is 0 Å². The Kier molecular flexibility index (Phi) is 3.15. The van der Waals surface area contributed by atoms with Gasteiger partial charge in [0.25, 0.3) is 0 Å². The van der Waals surface area contributed by atoms with Gasteiger partial charge in [0.05, 0.1) is 5.69 Å². The molecule has 1 unspecified atom stereocenters. The van der Waals surface area contributed by atoms with Crippen molar-refractivity contribution >= 4 is 17.5 Å². The summed E-state index contributed by atoms with van der Waals surface area (Å²) >= 11 is 0. The zero-order valence-corrected chi connectivity index (χ0v) is 10.7. The summed E-state index contributed by atoms with van der Waals surface area (Å²) in [6.45, 7) is 4.41. The van der Waals surface area contributed by atoms with Gasteiger partial charge in [0.15, 0.2) is 5.69 Å². The van der Waals surface area contributed by atoms with E-state index in [0.717, 1.165) is 12.8 Å². The van der Waals surface area contributed by atoms with E-state index in [1.165, 1.54) is 12.5 Å². The van der Waals surface area contributed by atoms with Crippen LogP contribution in [0.2, 0.25) is 0 Å². The summed E-state index contributed by atoms with van der Waals surface area (Å²) in [7, 11) is 0. The van der Waals surface area contributed by atoms with Gasteiger partial charge in [-0.05, 0) is 30.4 Å². The molecule has 1 aromatic heterocycles. The second kappa shape index (κ2) is 4.48. The van der Waals surface area contributed by atoms with Crippen LogP contribution in [-0.4, -0.2) is 22.1 Å². The van der Waals surface area contributed by atoms with E-state index < -0.39 is 5.97 Å². The fraction of sp³-hybridized carbons (Fsp3) is 0.538. The first kappa shape index (κ1) is 12.7. The number of hydrogen-bond acceptors (Lipinski definition) is 4. The maximum atomic E-state index is 10.9. The molecule has 1 aromatic rings. The third kappa shape index (κ3) is 2.39. The summed E-state index contributed by atoms with van der Waals surface area (Å²) < 4.78 is 0. The second-order valence-electron chi connectivity index (χ2n) is 5.52. The first-order valence-electron chi connectivity index (χ1n) is 6.16. The monoisotopic (exact) mass is 249 g/mol. The van der Waals surface area contributed by atoms with Gasteiger partial charge < -0.3 is 16.2 Å². The number of nitrogens with one attached hydrogen (secondary N) is 1. The lowest BCUT2D eigenvalue weighted by atomic mass is 9.87. The van der Waals surface area contributed by atoms with Crippen molar-refractivity contribution in [2.75, 3.05) is 11.1 Å². The molecule has 1 fully saturated rings. The Morgan fingerprint density at radius 2 is 2.28 bits per heavy atom. The van der Waals surface area contributed by atoms with Gasteiger partial charge in [0.1, 0.15) is 5.82 Å². The summed E-state index contributed by atoms with van der Waals surface area (Å²) in [5.41, 5.74) is 6.53. The molecule has 0 aromatic carbocycles. The number of pyridine rings is 1. The molecule has 1 aliphatic rings. The van der Waals surface area contributed by atoms with Crippen LogP contribution in [0.3, 0.4) is 0 Å². The number of carbonyl (C=O) groups is 1. The number of aromatic nitrogens is 1. The Morgan fingerprint density at radius 3 is 2.83 bits per heavy atom. The minimum absolute atomic E-state index is 0.0162. The first-order valence-corrected chi connectivity index (χ1v) is 6.16. The van der Waals surface area contributed by atoms with Gasteiger partial charge in [-0.2, -0.15) is 0 Å². The van der Waals surface area contributed by atoms with Crippen LogP contribution in [0.1, 0.15) is 43.6 Å². The number of hydrogen-bond donors (Lipinski definition) is 3. The van der Waals surface area contributed by atoms with Crippen molar-refractivity contribution in [2.24, 2.45) is 5.41 Å². The Labute approximate surface area is 106 Å². The van der Waals surface area contributed by atoms with E-state index in [-0.39, 0.29) is 17.2 Å². The Hall–Kier alpha value is -1.78. The number of nitrogens with two attached hydrogens (primary N) is 1. The predicted octanol–water partition coefficient (Wildman–Crippen LogP) is 2.35. The first-order chi connectivity index (χ1) is 8.40. The highest BCUT2D eigenvalue weighted by atomic mass is 16.4. The zero-order chi connectivity index (χ0) is 13.3. The lowest BCUT2D eigenvalue weighted by Gasteiger charge is -2.28. The van der Waals surface area contributed by atoms with Crippen LogP contribution in [0.5, 0.6) is 0 Å².